The largest absolute Gasteiger partial charge is 0.382 e. The first-order chi connectivity index (χ1) is 11.3. The summed E-state index contributed by atoms with van der Waals surface area (Å²) in [6.45, 7) is 5.43. The number of hydrogen-bond acceptors (Lipinski definition) is 5. The van der Waals surface area contributed by atoms with E-state index in [1.807, 2.05) is 13.1 Å². The third-order valence-corrected chi connectivity index (χ3v) is 3.91. The second-order valence-corrected chi connectivity index (χ2v) is 5.71. The standard InChI is InChI=1S/C16H23N5O3/c1-10-16(12(3)22)11(2)21(19-10)8-15(23)18-13(9-24-5)14-6-7-17-20(14)4/h6-7,13H,8-9H2,1-5H3,(H,18,23)/t13-/m1/s1. The van der Waals surface area contributed by atoms with Gasteiger partial charge in [-0.25, -0.2) is 0 Å². The molecule has 2 rings (SSSR count). The van der Waals surface area contributed by atoms with Crippen molar-refractivity contribution in [1.29, 1.82) is 0 Å². The molecule has 24 heavy (non-hydrogen) atoms. The Bertz CT molecular complexity index is 747. The van der Waals surface area contributed by atoms with Gasteiger partial charge in [-0.1, -0.05) is 0 Å². The van der Waals surface area contributed by atoms with E-state index in [2.05, 4.69) is 15.5 Å². The van der Waals surface area contributed by atoms with Crippen molar-refractivity contribution in [2.24, 2.45) is 7.05 Å². The molecule has 0 unspecified atom stereocenters. The Labute approximate surface area is 140 Å². The van der Waals surface area contributed by atoms with Gasteiger partial charge in [-0.15, -0.1) is 0 Å². The predicted molar refractivity (Wildman–Crippen MR) is 87.7 cm³/mol. The van der Waals surface area contributed by atoms with Gasteiger partial charge in [0.05, 0.1) is 29.6 Å². The maximum absolute atomic E-state index is 12.4. The molecule has 0 fully saturated rings. The number of carbonyl (C=O) groups is 2. The molecule has 8 heteroatoms. The molecule has 1 N–H and O–H groups in total. The topological polar surface area (TPSA) is 91.0 Å². The summed E-state index contributed by atoms with van der Waals surface area (Å²) in [6.07, 6.45) is 1.67. The Hall–Kier alpha value is -2.48. The minimum atomic E-state index is -0.306. The summed E-state index contributed by atoms with van der Waals surface area (Å²) in [5, 5.41) is 11.3. The number of carbonyl (C=O) groups excluding carboxylic acids is 2. The molecule has 0 bridgehead atoms. The fourth-order valence-corrected chi connectivity index (χ4v) is 2.83. The second-order valence-electron chi connectivity index (χ2n) is 5.71. The summed E-state index contributed by atoms with van der Waals surface area (Å²) < 4.78 is 8.44. The number of rotatable bonds is 7. The van der Waals surface area contributed by atoms with E-state index in [1.54, 1.807) is 36.5 Å². The van der Waals surface area contributed by atoms with Gasteiger partial charge in [-0.3, -0.25) is 19.0 Å². The van der Waals surface area contributed by atoms with Crippen molar-refractivity contribution in [1.82, 2.24) is 24.9 Å². The van der Waals surface area contributed by atoms with Gasteiger partial charge in [-0.05, 0) is 26.8 Å². The van der Waals surface area contributed by atoms with Crippen LogP contribution in [-0.2, 0) is 23.1 Å². The van der Waals surface area contributed by atoms with Gasteiger partial charge in [0.15, 0.2) is 5.78 Å². The molecule has 2 aromatic heterocycles. The number of hydrogen-bond donors (Lipinski definition) is 1. The highest BCUT2D eigenvalue weighted by molar-refractivity contribution is 5.96. The highest BCUT2D eigenvalue weighted by Gasteiger charge is 2.20. The first-order valence-electron chi connectivity index (χ1n) is 7.66. The first-order valence-corrected chi connectivity index (χ1v) is 7.66. The first kappa shape index (κ1) is 17.9. The molecule has 1 atom stereocenters. The number of nitrogens with zero attached hydrogens (tertiary/aromatic N) is 4. The van der Waals surface area contributed by atoms with Crippen LogP contribution in [0.3, 0.4) is 0 Å². The molecule has 8 nitrogen and oxygen atoms in total. The summed E-state index contributed by atoms with van der Waals surface area (Å²) in [5.74, 6) is -0.261. The lowest BCUT2D eigenvalue weighted by Crippen LogP contribution is -2.35. The van der Waals surface area contributed by atoms with E-state index in [0.29, 0.717) is 23.6 Å². The highest BCUT2D eigenvalue weighted by atomic mass is 16.5. The number of methoxy groups -OCH3 is 1. The summed E-state index contributed by atoms with van der Waals surface area (Å²) in [7, 11) is 3.39. The Balaban J connectivity index is 2.13. The zero-order valence-electron chi connectivity index (χ0n) is 14.7. The van der Waals surface area contributed by atoms with Gasteiger partial charge in [-0.2, -0.15) is 10.2 Å². The zero-order valence-corrected chi connectivity index (χ0v) is 14.7. The maximum atomic E-state index is 12.4. The van der Waals surface area contributed by atoms with Crippen LogP contribution in [-0.4, -0.2) is 45.0 Å². The minimum absolute atomic E-state index is 0.0397. The van der Waals surface area contributed by atoms with E-state index in [9.17, 15) is 9.59 Å². The van der Waals surface area contributed by atoms with Crippen LogP contribution in [0.4, 0.5) is 0 Å². The van der Waals surface area contributed by atoms with Crippen LogP contribution in [0.1, 0.15) is 40.4 Å². The van der Waals surface area contributed by atoms with Crippen LogP contribution < -0.4 is 5.32 Å². The van der Waals surface area contributed by atoms with Gasteiger partial charge in [0, 0.05) is 26.0 Å². The summed E-state index contributed by atoms with van der Waals surface area (Å²) in [6, 6.07) is 1.53. The smallest absolute Gasteiger partial charge is 0.242 e. The van der Waals surface area contributed by atoms with Crippen molar-refractivity contribution in [3.05, 3.63) is 34.9 Å². The second kappa shape index (κ2) is 7.39. The van der Waals surface area contributed by atoms with E-state index >= 15 is 0 Å². The number of amides is 1. The van der Waals surface area contributed by atoms with Gasteiger partial charge >= 0.3 is 0 Å². The van der Waals surface area contributed by atoms with Crippen LogP contribution in [0.25, 0.3) is 0 Å². The maximum Gasteiger partial charge on any atom is 0.242 e. The minimum Gasteiger partial charge on any atom is -0.382 e. The van der Waals surface area contributed by atoms with Crippen LogP contribution in [0.2, 0.25) is 0 Å². The molecule has 0 saturated heterocycles. The lowest BCUT2D eigenvalue weighted by Gasteiger charge is -2.18. The lowest BCUT2D eigenvalue weighted by molar-refractivity contribution is -0.123. The number of aromatic nitrogens is 4. The average Bonchev–Trinajstić information content (AvgIpc) is 3.02. The lowest BCUT2D eigenvalue weighted by atomic mass is 10.1. The van der Waals surface area contributed by atoms with Crippen molar-refractivity contribution in [2.45, 2.75) is 33.4 Å². The van der Waals surface area contributed by atoms with Crippen molar-refractivity contribution in [2.75, 3.05) is 13.7 Å². The fraction of sp³-hybridized carbons (Fsp3) is 0.500. The van der Waals surface area contributed by atoms with Crippen LogP contribution in [0.5, 0.6) is 0 Å². The Morgan fingerprint density at radius 3 is 2.58 bits per heavy atom. The fourth-order valence-electron chi connectivity index (χ4n) is 2.83. The van der Waals surface area contributed by atoms with Crippen molar-refractivity contribution >= 4 is 11.7 Å². The highest BCUT2D eigenvalue weighted by Crippen LogP contribution is 2.15. The number of aryl methyl sites for hydroxylation is 2. The quantitative estimate of drug-likeness (QED) is 0.762. The number of ether oxygens (including phenoxy) is 1. The van der Waals surface area contributed by atoms with Crippen molar-refractivity contribution < 1.29 is 14.3 Å². The normalized spacial score (nSPS) is 12.2. The van der Waals surface area contributed by atoms with E-state index in [-0.39, 0.29) is 24.3 Å². The van der Waals surface area contributed by atoms with E-state index < -0.39 is 0 Å². The SMILES string of the molecule is COC[C@@H](NC(=O)Cn1nc(C)c(C(C)=O)c1C)c1ccnn1C. The molecule has 2 aromatic rings. The van der Waals surface area contributed by atoms with E-state index in [4.69, 9.17) is 4.74 Å². The molecule has 0 aromatic carbocycles. The molecule has 0 aliphatic carbocycles. The molecule has 0 radical (unpaired) electrons. The van der Waals surface area contributed by atoms with Crippen molar-refractivity contribution in [3.8, 4) is 0 Å². The Kier molecular flexibility index (Phi) is 5.50. The third-order valence-electron chi connectivity index (χ3n) is 3.91. The third kappa shape index (κ3) is 3.70. The predicted octanol–water partition coefficient (Wildman–Crippen LogP) is 0.940. The Morgan fingerprint density at radius 2 is 2.08 bits per heavy atom. The van der Waals surface area contributed by atoms with Gasteiger partial charge < -0.3 is 10.1 Å². The summed E-state index contributed by atoms with van der Waals surface area (Å²) in [5.41, 5.74) is 2.75. The van der Waals surface area contributed by atoms with Crippen molar-refractivity contribution in [3.63, 3.8) is 0 Å². The molecule has 1 amide bonds. The number of ketones is 1. The van der Waals surface area contributed by atoms with Gasteiger partial charge in [0.2, 0.25) is 5.91 Å². The summed E-state index contributed by atoms with van der Waals surface area (Å²) in [4.78, 5) is 24.1. The molecule has 0 aliphatic rings. The van der Waals surface area contributed by atoms with E-state index in [0.717, 1.165) is 5.69 Å². The average molecular weight is 333 g/mol. The van der Waals surface area contributed by atoms with Crippen LogP contribution >= 0.6 is 0 Å². The molecular weight excluding hydrogens is 310 g/mol. The summed E-state index contributed by atoms with van der Waals surface area (Å²) >= 11 is 0. The van der Waals surface area contributed by atoms with Gasteiger partial charge in [0.25, 0.3) is 0 Å². The van der Waals surface area contributed by atoms with Crippen LogP contribution in [0, 0.1) is 13.8 Å². The molecule has 130 valence electrons. The molecule has 0 spiro atoms. The zero-order chi connectivity index (χ0) is 17.9. The van der Waals surface area contributed by atoms with Crippen LogP contribution in [0.15, 0.2) is 12.3 Å². The number of Topliss-reactive ketones (excluding diaryl/α,β-unsaturated/α-hetero) is 1. The van der Waals surface area contributed by atoms with Gasteiger partial charge in [0.1, 0.15) is 6.54 Å². The number of nitrogens with one attached hydrogen (secondary N) is 1. The molecule has 0 saturated carbocycles. The molecule has 2 heterocycles. The molecular formula is C16H23N5O3. The van der Waals surface area contributed by atoms with E-state index in [1.165, 1.54) is 6.92 Å². The Morgan fingerprint density at radius 1 is 1.38 bits per heavy atom. The monoisotopic (exact) mass is 333 g/mol. The molecule has 0 aliphatic heterocycles.